The van der Waals surface area contributed by atoms with E-state index in [4.69, 9.17) is 20.2 Å². The third-order valence-corrected chi connectivity index (χ3v) is 13.0. The van der Waals surface area contributed by atoms with Crippen molar-refractivity contribution in [2.75, 3.05) is 26.2 Å². The average molecular weight is 1010 g/mol. The van der Waals surface area contributed by atoms with Crippen molar-refractivity contribution in [3.05, 3.63) is 97.6 Å². The van der Waals surface area contributed by atoms with E-state index in [0.717, 1.165) is 5.56 Å². The molecule has 9 N–H and O–H groups in total. The number of carbonyl (C=O) groups excluding carboxylic acids is 8. The number of cyclic esters (lactones) is 1. The number of esters is 2. The lowest BCUT2D eigenvalue weighted by atomic mass is 9.81. The van der Waals surface area contributed by atoms with Crippen molar-refractivity contribution in [2.45, 2.75) is 122 Å². The molecule has 3 aliphatic rings. The Morgan fingerprint density at radius 1 is 0.932 bits per heavy atom. The van der Waals surface area contributed by atoms with Gasteiger partial charge in [-0.2, -0.15) is 0 Å². The first-order valence-corrected chi connectivity index (χ1v) is 24.1. The number of halogens is 1. The van der Waals surface area contributed by atoms with Gasteiger partial charge in [0.25, 0.3) is 5.56 Å². The van der Waals surface area contributed by atoms with Crippen LogP contribution >= 0.6 is 0 Å². The average Bonchev–Trinajstić information content (AvgIpc) is 3.71. The monoisotopic (exact) mass is 1010 g/mol. The molecule has 21 nitrogen and oxygen atoms in total. The second-order valence-corrected chi connectivity index (χ2v) is 19.3. The molecule has 2 aromatic carbocycles. The van der Waals surface area contributed by atoms with E-state index in [-0.39, 0.29) is 62.4 Å². The highest BCUT2D eigenvalue weighted by Crippen LogP contribution is 2.46. The summed E-state index contributed by atoms with van der Waals surface area (Å²) >= 11 is 0. The quantitative estimate of drug-likeness (QED) is 0.0417. The molecule has 73 heavy (non-hydrogen) atoms. The molecule has 388 valence electrons. The number of ether oxygens (including phenoxy) is 2. The Morgan fingerprint density at radius 2 is 1.62 bits per heavy atom. The summed E-state index contributed by atoms with van der Waals surface area (Å²) in [4.78, 5) is 121. The molecule has 4 heterocycles. The highest BCUT2D eigenvalue weighted by atomic mass is 19.1. The van der Waals surface area contributed by atoms with Crippen molar-refractivity contribution >= 4 is 58.3 Å². The van der Waals surface area contributed by atoms with Crippen LogP contribution in [0.15, 0.2) is 47.3 Å². The number of aliphatic hydroxyl groups is 1. The standard InChI is InChI=1S/C51H60FN9O12/c1-6-51(71)31-18-37-45-29(24-61(37)48(69)30(31)25-72-49(51)70)44-34(15-14-28-26(2)32(52)19-35(60-45)43(28)44)58-38(62)13-10-16-54-39(63)21-57-47(68)36(17-27-11-8-7-9-12-27)59-41(65)23-55-40(64)22-56-46(67)33(53)20-42(66)73-50(3,4)5/h7-9,11-12,18-19,33-34,36,71H,6,10,13-17,20-25,53H2,1-5H3,(H,54,63)(H,55,64)(H,56,67)(H,57,68)(H,58,62)(H,59,65)/t33-,34-,36-,51-/m0/s1. The predicted octanol–water partition coefficient (Wildman–Crippen LogP) is 0.662. The van der Waals surface area contributed by atoms with Crippen molar-refractivity contribution in [1.82, 2.24) is 41.5 Å². The van der Waals surface area contributed by atoms with Crippen LogP contribution in [0.4, 0.5) is 4.39 Å². The van der Waals surface area contributed by atoms with Crippen molar-refractivity contribution < 1.29 is 57.3 Å². The van der Waals surface area contributed by atoms with Gasteiger partial charge in [0.1, 0.15) is 24.1 Å². The van der Waals surface area contributed by atoms with Crippen LogP contribution in [0.2, 0.25) is 0 Å². The van der Waals surface area contributed by atoms with Crippen LogP contribution in [0.5, 0.6) is 0 Å². The van der Waals surface area contributed by atoms with Gasteiger partial charge in [-0.15, -0.1) is 0 Å². The smallest absolute Gasteiger partial charge is 0.343 e. The Labute approximate surface area is 418 Å². The van der Waals surface area contributed by atoms with E-state index >= 15 is 4.39 Å². The minimum absolute atomic E-state index is 0.000614. The molecule has 0 unspecified atom stereocenters. The van der Waals surface area contributed by atoms with Gasteiger partial charge in [-0.25, -0.2) is 14.2 Å². The Bertz CT molecular complexity index is 2960. The molecule has 2 aliphatic heterocycles. The third kappa shape index (κ3) is 12.0. The van der Waals surface area contributed by atoms with Crippen molar-refractivity contribution in [3.63, 3.8) is 0 Å². The number of rotatable bonds is 19. The van der Waals surface area contributed by atoms with Gasteiger partial charge in [-0.1, -0.05) is 37.3 Å². The predicted molar refractivity (Wildman–Crippen MR) is 260 cm³/mol. The Kier molecular flexibility index (Phi) is 16.1. The number of nitrogens with zero attached hydrogens (tertiary/aromatic N) is 2. The number of hydrogen-bond donors (Lipinski definition) is 8. The zero-order valence-electron chi connectivity index (χ0n) is 41.3. The van der Waals surface area contributed by atoms with Crippen LogP contribution in [-0.4, -0.2) is 106 Å². The van der Waals surface area contributed by atoms with Gasteiger partial charge in [-0.05, 0) is 81.7 Å². The molecule has 22 heteroatoms. The van der Waals surface area contributed by atoms with Crippen LogP contribution in [-0.2, 0) is 79.4 Å². The number of nitrogens with two attached hydrogens (primary N) is 1. The highest BCUT2D eigenvalue weighted by Gasteiger charge is 2.46. The van der Waals surface area contributed by atoms with Crippen molar-refractivity contribution in [3.8, 4) is 11.4 Å². The van der Waals surface area contributed by atoms with Crippen LogP contribution in [0.3, 0.4) is 0 Å². The van der Waals surface area contributed by atoms with Crippen molar-refractivity contribution in [2.24, 2.45) is 5.73 Å². The van der Waals surface area contributed by atoms with Gasteiger partial charge in [0.15, 0.2) is 5.60 Å². The molecular formula is C51H60FN9O12. The number of fused-ring (bicyclic) bond motifs is 5. The van der Waals surface area contributed by atoms with Gasteiger partial charge in [0, 0.05) is 42.0 Å². The number of amides is 6. The van der Waals surface area contributed by atoms with Gasteiger partial charge in [0.05, 0.1) is 67.2 Å². The van der Waals surface area contributed by atoms with Gasteiger partial charge in [0.2, 0.25) is 35.4 Å². The molecule has 0 fully saturated rings. The van der Waals surface area contributed by atoms with E-state index in [1.165, 1.54) is 10.6 Å². The summed E-state index contributed by atoms with van der Waals surface area (Å²) < 4.78 is 27.2. The number of hydrogen-bond acceptors (Lipinski definition) is 14. The van der Waals surface area contributed by atoms with Gasteiger partial charge in [-0.3, -0.25) is 38.4 Å². The van der Waals surface area contributed by atoms with E-state index < -0.39 is 108 Å². The third-order valence-electron chi connectivity index (χ3n) is 13.0. The second-order valence-electron chi connectivity index (χ2n) is 19.3. The molecule has 0 saturated heterocycles. The maximum atomic E-state index is 15.4. The zero-order chi connectivity index (χ0) is 52.9. The molecule has 1 aliphatic carbocycles. The number of aromatic nitrogens is 2. The molecule has 4 atom stereocenters. The zero-order valence-corrected chi connectivity index (χ0v) is 41.3. The molecular weight excluding hydrogens is 950 g/mol. The number of carbonyl (C=O) groups is 8. The summed E-state index contributed by atoms with van der Waals surface area (Å²) in [6, 6.07) is 8.69. The minimum atomic E-state index is -2.04. The number of benzene rings is 2. The second kappa shape index (κ2) is 22.0. The first-order valence-electron chi connectivity index (χ1n) is 24.1. The Hall–Kier alpha value is -7.59. The largest absolute Gasteiger partial charge is 0.460 e. The SMILES string of the molecule is CC[C@@]1(O)C(=O)OCc2c1cc1n(c2=O)Cc2c-1nc1cc(F)c(C)c3c1c2[C@@H](NC(=O)CCCNC(=O)CNC(=O)[C@H](Cc1ccccc1)NC(=O)CNC(=O)CNC(=O)[C@@H](N)CC(=O)OC(C)(C)C)CC3. The molecule has 7 rings (SSSR count). The topological polar surface area (TPSA) is 308 Å². The van der Waals surface area contributed by atoms with Crippen LogP contribution < -0.4 is 43.2 Å². The molecule has 6 amide bonds. The maximum Gasteiger partial charge on any atom is 0.343 e. The molecule has 0 radical (unpaired) electrons. The van der Waals surface area contributed by atoms with Crippen LogP contribution in [0.25, 0.3) is 22.3 Å². The summed E-state index contributed by atoms with van der Waals surface area (Å²) in [5.74, 6) is -5.85. The first kappa shape index (κ1) is 53.2. The first-order chi connectivity index (χ1) is 34.6. The molecule has 4 aromatic rings. The van der Waals surface area contributed by atoms with E-state index in [0.29, 0.717) is 57.4 Å². The fourth-order valence-electron chi connectivity index (χ4n) is 9.30. The molecule has 0 saturated carbocycles. The lowest BCUT2D eigenvalue weighted by Crippen LogP contribution is -2.52. The molecule has 0 bridgehead atoms. The molecule has 0 spiro atoms. The Morgan fingerprint density at radius 3 is 2.32 bits per heavy atom. The van der Waals surface area contributed by atoms with Gasteiger partial charge < -0.3 is 56.8 Å². The van der Waals surface area contributed by atoms with Crippen LogP contribution in [0, 0.1) is 12.7 Å². The summed E-state index contributed by atoms with van der Waals surface area (Å²) in [5.41, 5.74) is 7.11. The van der Waals surface area contributed by atoms with Gasteiger partial charge >= 0.3 is 11.9 Å². The number of aryl methyl sites for hydroxylation is 1. The summed E-state index contributed by atoms with van der Waals surface area (Å²) in [5, 5.41) is 27.5. The fraction of sp³-hybridized carbons (Fsp3) is 0.451. The summed E-state index contributed by atoms with van der Waals surface area (Å²) in [7, 11) is 0. The van der Waals surface area contributed by atoms with Crippen LogP contribution in [0.1, 0.15) is 105 Å². The summed E-state index contributed by atoms with van der Waals surface area (Å²) in [6.07, 6.45) is 0.665. The van der Waals surface area contributed by atoms with E-state index in [2.05, 4.69) is 31.9 Å². The minimum Gasteiger partial charge on any atom is -0.460 e. The lowest BCUT2D eigenvalue weighted by molar-refractivity contribution is -0.172. The molecule has 2 aromatic heterocycles. The number of nitrogens with one attached hydrogen (secondary N) is 6. The highest BCUT2D eigenvalue weighted by molar-refractivity contribution is 5.95. The number of pyridine rings is 2. The summed E-state index contributed by atoms with van der Waals surface area (Å²) in [6.45, 7) is 6.56. The van der Waals surface area contributed by atoms with E-state index in [1.807, 2.05) is 0 Å². The van der Waals surface area contributed by atoms with Crippen molar-refractivity contribution in [1.29, 1.82) is 0 Å². The van der Waals surface area contributed by atoms with E-state index in [9.17, 15) is 48.3 Å². The normalized spacial score (nSPS) is 17.2. The maximum absolute atomic E-state index is 15.4. The lowest BCUT2D eigenvalue weighted by Gasteiger charge is -2.31. The Balaban J connectivity index is 0.915. The van der Waals surface area contributed by atoms with E-state index in [1.54, 1.807) is 71.0 Å². The fourth-order valence-corrected chi connectivity index (χ4v) is 9.30.